The predicted molar refractivity (Wildman–Crippen MR) is 172 cm³/mol. The number of piperidine rings is 1. The fourth-order valence-corrected chi connectivity index (χ4v) is 6.73. The number of carbonyl (C=O) groups excluding carboxylic acids is 1. The normalized spacial score (nSPS) is 15.8. The Kier molecular flexibility index (Phi) is 9.03. The molecule has 1 N–H and O–H groups in total. The smallest absolute Gasteiger partial charge is 0.317 e. The van der Waals surface area contributed by atoms with Gasteiger partial charge in [0.05, 0.1) is 25.3 Å². The van der Waals surface area contributed by atoms with Gasteiger partial charge in [-0.05, 0) is 62.4 Å². The Morgan fingerprint density at radius 3 is 2.48 bits per heavy atom. The van der Waals surface area contributed by atoms with Crippen LogP contribution in [0, 0.1) is 13.8 Å². The summed E-state index contributed by atoms with van der Waals surface area (Å²) < 4.78 is 32.9. The molecule has 0 bridgehead atoms. The molecule has 0 radical (unpaired) electrons. The lowest BCUT2D eigenvalue weighted by Crippen LogP contribution is -2.42. The van der Waals surface area contributed by atoms with Gasteiger partial charge in [-0.2, -0.15) is 10.2 Å². The lowest BCUT2D eigenvalue weighted by atomic mass is 9.97. The Balaban J connectivity index is 1.34. The average molecular weight is 633 g/mol. The first-order valence-corrected chi connectivity index (χ1v) is 15.9. The number of hydrogen-bond donors (Lipinski definition) is 1. The van der Waals surface area contributed by atoms with Gasteiger partial charge in [-0.1, -0.05) is 0 Å². The van der Waals surface area contributed by atoms with Crippen LogP contribution in [0.3, 0.4) is 0 Å². The third-order valence-electron chi connectivity index (χ3n) is 9.15. The number of likely N-dealkylation sites (tertiary alicyclic amines) is 1. The maximum atomic E-state index is 14.6. The third-order valence-corrected chi connectivity index (χ3v) is 9.15. The number of aromatic nitrogens is 6. The molecule has 2 aliphatic rings. The second kappa shape index (κ2) is 13.1. The minimum atomic E-state index is -2.67. The van der Waals surface area contributed by atoms with Crippen molar-refractivity contribution in [2.24, 2.45) is 7.05 Å². The van der Waals surface area contributed by atoms with Gasteiger partial charge in [0.1, 0.15) is 5.82 Å². The molecule has 0 spiro atoms. The van der Waals surface area contributed by atoms with Crippen molar-refractivity contribution in [1.82, 2.24) is 44.6 Å². The minimum absolute atomic E-state index is 0.0442. The van der Waals surface area contributed by atoms with Gasteiger partial charge in [-0.25, -0.2) is 23.5 Å². The Hall–Kier alpha value is -4.39. The molecule has 1 fully saturated rings. The van der Waals surface area contributed by atoms with E-state index in [0.29, 0.717) is 49.4 Å². The number of fused-ring (bicyclic) bond motifs is 1. The number of amides is 2. The number of alkyl halides is 2. The standard InChI is InChI=1S/C33H42F2N10O/c1-6-44(29-14-26(31(34)35)25(13-22(29)3)23-17-39-41(5)18-23)32-27-19-43(33(46)36-4)12-9-28(27)45(40-32)24-7-10-42(11-8-24)20-30-37-15-21(2)16-38-30/h13-18,24,31H,6-12,19-20H2,1-5H3,(H,36,46). The van der Waals surface area contributed by atoms with Crippen molar-refractivity contribution in [3.05, 3.63) is 70.7 Å². The van der Waals surface area contributed by atoms with E-state index in [2.05, 4.69) is 30.0 Å². The van der Waals surface area contributed by atoms with Crippen LogP contribution < -0.4 is 10.2 Å². The zero-order valence-electron chi connectivity index (χ0n) is 27.2. The highest BCUT2D eigenvalue weighted by Gasteiger charge is 2.34. The summed E-state index contributed by atoms with van der Waals surface area (Å²) >= 11 is 0. The van der Waals surface area contributed by atoms with E-state index in [1.165, 1.54) is 0 Å². The van der Waals surface area contributed by atoms with Gasteiger partial charge >= 0.3 is 6.03 Å². The summed E-state index contributed by atoms with van der Waals surface area (Å²) in [6.07, 6.45) is 6.91. The quantitative estimate of drug-likeness (QED) is 0.281. The molecule has 13 heteroatoms. The van der Waals surface area contributed by atoms with Crippen LogP contribution in [0.4, 0.5) is 25.1 Å². The molecule has 2 amide bonds. The Morgan fingerprint density at radius 2 is 1.85 bits per heavy atom. The largest absolute Gasteiger partial charge is 0.341 e. The zero-order chi connectivity index (χ0) is 32.5. The van der Waals surface area contributed by atoms with E-state index < -0.39 is 6.43 Å². The first-order chi connectivity index (χ1) is 22.2. The molecule has 4 aromatic rings. The van der Waals surface area contributed by atoms with Crippen molar-refractivity contribution in [3.63, 3.8) is 0 Å². The highest BCUT2D eigenvalue weighted by atomic mass is 19.3. The van der Waals surface area contributed by atoms with Crippen LogP contribution in [-0.4, -0.2) is 78.6 Å². The zero-order valence-corrected chi connectivity index (χ0v) is 27.2. The van der Waals surface area contributed by atoms with Gasteiger partial charge in [0.25, 0.3) is 6.43 Å². The molecule has 0 atom stereocenters. The highest BCUT2D eigenvalue weighted by Crippen LogP contribution is 2.41. The maximum Gasteiger partial charge on any atom is 0.317 e. The monoisotopic (exact) mass is 632 g/mol. The molecule has 244 valence electrons. The van der Waals surface area contributed by atoms with E-state index in [1.807, 2.05) is 44.1 Å². The average Bonchev–Trinajstić information content (AvgIpc) is 3.66. The van der Waals surface area contributed by atoms with Crippen molar-refractivity contribution in [3.8, 4) is 11.1 Å². The predicted octanol–water partition coefficient (Wildman–Crippen LogP) is 5.32. The van der Waals surface area contributed by atoms with Crippen molar-refractivity contribution in [2.45, 2.75) is 65.6 Å². The summed E-state index contributed by atoms with van der Waals surface area (Å²) in [5.41, 5.74) is 5.76. The SMILES string of the molecule is CCN(c1cc(C(F)F)c(-c2cnn(C)c2)cc1C)c1nn(C2CCN(Cc3ncc(C)cn3)CC2)c2c1CN(C(=O)NC)CC2. The van der Waals surface area contributed by atoms with Crippen molar-refractivity contribution in [2.75, 3.05) is 38.1 Å². The van der Waals surface area contributed by atoms with Gasteiger partial charge in [0, 0.05) is 93.4 Å². The van der Waals surface area contributed by atoms with Crippen LogP contribution in [0.25, 0.3) is 11.1 Å². The molecule has 5 heterocycles. The van der Waals surface area contributed by atoms with Crippen LogP contribution in [0.1, 0.15) is 66.0 Å². The molecule has 6 rings (SSSR count). The number of halogens is 2. The molecular formula is C33H42F2N10O. The second-order valence-electron chi connectivity index (χ2n) is 12.3. The van der Waals surface area contributed by atoms with Gasteiger partial charge in [-0.3, -0.25) is 14.3 Å². The topological polar surface area (TPSA) is 100 Å². The summed E-state index contributed by atoms with van der Waals surface area (Å²) in [7, 11) is 3.41. The van der Waals surface area contributed by atoms with Crippen LogP contribution in [0.2, 0.25) is 0 Å². The first kappa shape index (κ1) is 31.6. The third kappa shape index (κ3) is 6.20. The molecule has 46 heavy (non-hydrogen) atoms. The van der Waals surface area contributed by atoms with E-state index in [4.69, 9.17) is 5.10 Å². The van der Waals surface area contributed by atoms with E-state index in [0.717, 1.165) is 60.0 Å². The fraction of sp³-hybridized carbons (Fsp3) is 0.485. The molecule has 0 unspecified atom stereocenters. The molecule has 11 nitrogen and oxygen atoms in total. The molecular weight excluding hydrogens is 590 g/mol. The fourth-order valence-electron chi connectivity index (χ4n) is 6.73. The number of aryl methyl sites for hydroxylation is 3. The van der Waals surface area contributed by atoms with E-state index in [1.54, 1.807) is 42.1 Å². The van der Waals surface area contributed by atoms with E-state index >= 15 is 0 Å². The summed E-state index contributed by atoms with van der Waals surface area (Å²) in [4.78, 5) is 27.9. The number of urea groups is 1. The summed E-state index contributed by atoms with van der Waals surface area (Å²) in [6.45, 7) is 9.93. The van der Waals surface area contributed by atoms with Crippen molar-refractivity contribution >= 4 is 17.5 Å². The van der Waals surface area contributed by atoms with Crippen molar-refractivity contribution in [1.29, 1.82) is 0 Å². The number of nitrogens with one attached hydrogen (secondary N) is 1. The Bertz CT molecular complexity index is 1690. The van der Waals surface area contributed by atoms with Gasteiger partial charge in [-0.15, -0.1) is 0 Å². The molecule has 1 aromatic carbocycles. The van der Waals surface area contributed by atoms with Crippen LogP contribution >= 0.6 is 0 Å². The molecule has 0 saturated carbocycles. The lowest BCUT2D eigenvalue weighted by molar-refractivity contribution is 0.152. The van der Waals surface area contributed by atoms with Gasteiger partial charge in [0.2, 0.25) is 0 Å². The van der Waals surface area contributed by atoms with E-state index in [-0.39, 0.29) is 17.6 Å². The second-order valence-corrected chi connectivity index (χ2v) is 12.3. The van der Waals surface area contributed by atoms with Crippen molar-refractivity contribution < 1.29 is 13.6 Å². The minimum Gasteiger partial charge on any atom is -0.341 e. The van der Waals surface area contributed by atoms with Crippen LogP contribution in [0.15, 0.2) is 36.9 Å². The van der Waals surface area contributed by atoms with Crippen LogP contribution in [0.5, 0.6) is 0 Å². The van der Waals surface area contributed by atoms with E-state index in [9.17, 15) is 13.6 Å². The number of anilines is 2. The lowest BCUT2D eigenvalue weighted by Gasteiger charge is -2.33. The number of hydrogen-bond acceptors (Lipinski definition) is 7. The number of benzene rings is 1. The van der Waals surface area contributed by atoms with Gasteiger partial charge < -0.3 is 15.1 Å². The summed E-state index contributed by atoms with van der Waals surface area (Å²) in [5, 5.41) is 12.2. The number of rotatable bonds is 8. The molecule has 0 aliphatic carbocycles. The molecule has 1 saturated heterocycles. The maximum absolute atomic E-state index is 14.6. The highest BCUT2D eigenvalue weighted by molar-refractivity contribution is 5.77. The summed E-state index contributed by atoms with van der Waals surface area (Å²) in [5.74, 6) is 1.54. The molecule has 2 aliphatic heterocycles. The van der Waals surface area contributed by atoms with Gasteiger partial charge in [0.15, 0.2) is 5.82 Å². The van der Waals surface area contributed by atoms with Crippen LogP contribution in [-0.2, 0) is 26.6 Å². The first-order valence-electron chi connectivity index (χ1n) is 15.9. The number of carbonyl (C=O) groups is 1. The molecule has 3 aromatic heterocycles. The number of nitrogens with zero attached hydrogens (tertiary/aromatic N) is 9. The Labute approximate surface area is 268 Å². The summed E-state index contributed by atoms with van der Waals surface area (Å²) in [6, 6.07) is 3.47. The Morgan fingerprint density at radius 1 is 1.11 bits per heavy atom.